The average molecular weight is 333 g/mol. The summed E-state index contributed by atoms with van der Waals surface area (Å²) in [5.41, 5.74) is 1.62. The van der Waals surface area contributed by atoms with Crippen LogP contribution in [0.5, 0.6) is 0 Å². The number of carbonyl (C=O) groups is 2. The number of benzene rings is 2. The number of nitrogens with one attached hydrogen (secondary N) is 2. The van der Waals surface area contributed by atoms with Gasteiger partial charge in [0.05, 0.1) is 11.4 Å². The van der Waals surface area contributed by atoms with Gasteiger partial charge < -0.3 is 15.4 Å². The number of ether oxygens (including phenoxy) is 1. The minimum absolute atomic E-state index is 0.242. The number of amides is 2. The lowest BCUT2D eigenvalue weighted by molar-refractivity contribution is -0.126. The van der Waals surface area contributed by atoms with Crippen LogP contribution in [0, 0.1) is 0 Å². The molecule has 2 rings (SSSR count). The molecule has 1 atom stereocenters. The molecule has 120 valence electrons. The van der Waals surface area contributed by atoms with Gasteiger partial charge in [-0.05, 0) is 23.8 Å². The highest BCUT2D eigenvalue weighted by molar-refractivity contribution is 6.31. The zero-order valence-electron chi connectivity index (χ0n) is 12.8. The first-order chi connectivity index (χ1) is 11.0. The van der Waals surface area contributed by atoms with Crippen molar-refractivity contribution < 1.29 is 14.3 Å². The van der Waals surface area contributed by atoms with E-state index in [1.807, 2.05) is 18.2 Å². The normalized spacial score (nSPS) is 11.6. The molecule has 6 heteroatoms. The quantitative estimate of drug-likeness (QED) is 0.878. The van der Waals surface area contributed by atoms with E-state index in [0.29, 0.717) is 16.4 Å². The third-order valence-corrected chi connectivity index (χ3v) is 3.36. The first kappa shape index (κ1) is 17.0. The first-order valence-electron chi connectivity index (χ1n) is 6.97. The summed E-state index contributed by atoms with van der Waals surface area (Å²) in [6.45, 7) is 1.39. The maximum absolute atomic E-state index is 12.5. The zero-order valence-corrected chi connectivity index (χ0v) is 13.6. The van der Waals surface area contributed by atoms with Crippen LogP contribution in [-0.4, -0.2) is 18.9 Å². The summed E-state index contributed by atoms with van der Waals surface area (Å²) in [5, 5.41) is 5.84. The van der Waals surface area contributed by atoms with Crippen LogP contribution in [0.15, 0.2) is 48.5 Å². The molecule has 0 aliphatic rings. The van der Waals surface area contributed by atoms with Crippen molar-refractivity contribution in [2.24, 2.45) is 0 Å². The summed E-state index contributed by atoms with van der Waals surface area (Å²) >= 11 is 5.97. The van der Waals surface area contributed by atoms with Gasteiger partial charge in [0.2, 0.25) is 5.91 Å². The molecule has 0 saturated carbocycles. The third kappa shape index (κ3) is 4.55. The lowest BCUT2D eigenvalue weighted by atomic mass is 10.1. The van der Waals surface area contributed by atoms with Gasteiger partial charge in [-0.25, -0.2) is 0 Å². The van der Waals surface area contributed by atoms with Crippen LogP contribution in [0.1, 0.15) is 18.6 Å². The molecule has 0 radical (unpaired) electrons. The van der Waals surface area contributed by atoms with Crippen LogP contribution in [0.2, 0.25) is 5.02 Å². The summed E-state index contributed by atoms with van der Waals surface area (Å²) in [6, 6.07) is 14.0. The Labute approximate surface area is 139 Å². The number of halogens is 1. The van der Waals surface area contributed by atoms with Gasteiger partial charge in [-0.1, -0.05) is 41.9 Å². The molecule has 0 fully saturated rings. The molecule has 0 aliphatic heterocycles. The maximum atomic E-state index is 12.5. The van der Waals surface area contributed by atoms with Crippen LogP contribution in [0.25, 0.3) is 0 Å². The smallest absolute Gasteiger partial charge is 0.258 e. The van der Waals surface area contributed by atoms with Crippen molar-refractivity contribution >= 4 is 34.8 Å². The number of carbonyl (C=O) groups excluding carboxylic acids is 2. The molecule has 0 saturated heterocycles. The summed E-state index contributed by atoms with van der Waals surface area (Å²) in [5.74, 6) is -0.596. The Balaban J connectivity index is 2.25. The standard InChI is InChI=1S/C17H17ClN2O3/c1-11(21)19-14-9-8-13(18)10-15(14)20-17(22)16(23-2)12-6-4-3-5-7-12/h3-10,16H,1-2H3,(H,19,21)(H,20,22)/t16-/m1/s1. The van der Waals surface area contributed by atoms with Gasteiger partial charge in [0.1, 0.15) is 0 Å². The number of hydrogen-bond donors (Lipinski definition) is 2. The second-order valence-electron chi connectivity index (χ2n) is 4.89. The summed E-state index contributed by atoms with van der Waals surface area (Å²) < 4.78 is 5.29. The molecule has 2 N–H and O–H groups in total. The third-order valence-electron chi connectivity index (χ3n) is 3.13. The Morgan fingerprint density at radius 3 is 2.35 bits per heavy atom. The predicted molar refractivity (Wildman–Crippen MR) is 90.6 cm³/mol. The van der Waals surface area contributed by atoms with E-state index < -0.39 is 6.10 Å². The van der Waals surface area contributed by atoms with E-state index in [0.717, 1.165) is 5.56 Å². The van der Waals surface area contributed by atoms with Gasteiger partial charge in [-0.2, -0.15) is 0 Å². The fourth-order valence-corrected chi connectivity index (χ4v) is 2.31. The number of anilines is 2. The van der Waals surface area contributed by atoms with Gasteiger partial charge in [-0.3, -0.25) is 9.59 Å². The van der Waals surface area contributed by atoms with Crippen molar-refractivity contribution in [3.8, 4) is 0 Å². The van der Waals surface area contributed by atoms with Gasteiger partial charge in [-0.15, -0.1) is 0 Å². The molecule has 5 nitrogen and oxygen atoms in total. The van der Waals surface area contributed by atoms with Crippen LogP contribution in [0.3, 0.4) is 0 Å². The minimum atomic E-state index is -0.764. The van der Waals surface area contributed by atoms with Gasteiger partial charge >= 0.3 is 0 Å². The predicted octanol–water partition coefficient (Wildman–Crippen LogP) is 3.62. The molecular weight excluding hydrogens is 316 g/mol. The maximum Gasteiger partial charge on any atom is 0.258 e. The lowest BCUT2D eigenvalue weighted by Gasteiger charge is -2.17. The van der Waals surface area contributed by atoms with Crippen molar-refractivity contribution in [1.29, 1.82) is 0 Å². The van der Waals surface area contributed by atoms with Crippen LogP contribution in [0.4, 0.5) is 11.4 Å². The van der Waals surface area contributed by atoms with E-state index >= 15 is 0 Å². The van der Waals surface area contributed by atoms with Crippen molar-refractivity contribution in [2.45, 2.75) is 13.0 Å². The van der Waals surface area contributed by atoms with Crippen LogP contribution in [-0.2, 0) is 14.3 Å². The van der Waals surface area contributed by atoms with E-state index in [1.165, 1.54) is 14.0 Å². The van der Waals surface area contributed by atoms with Crippen molar-refractivity contribution in [1.82, 2.24) is 0 Å². The average Bonchev–Trinajstić information content (AvgIpc) is 2.51. The Kier molecular flexibility index (Phi) is 5.73. The van der Waals surface area contributed by atoms with Gasteiger partial charge in [0.15, 0.2) is 6.10 Å². The van der Waals surface area contributed by atoms with E-state index in [1.54, 1.807) is 30.3 Å². The second-order valence-corrected chi connectivity index (χ2v) is 5.32. The Bertz CT molecular complexity index is 704. The van der Waals surface area contributed by atoms with Gasteiger partial charge in [0, 0.05) is 19.1 Å². The van der Waals surface area contributed by atoms with E-state index in [9.17, 15) is 9.59 Å². The highest BCUT2D eigenvalue weighted by atomic mass is 35.5. The first-order valence-corrected chi connectivity index (χ1v) is 7.35. The summed E-state index contributed by atoms with van der Waals surface area (Å²) in [4.78, 5) is 23.8. The van der Waals surface area contributed by atoms with Gasteiger partial charge in [0.25, 0.3) is 5.91 Å². The van der Waals surface area contributed by atoms with E-state index in [4.69, 9.17) is 16.3 Å². The molecule has 0 unspecified atom stereocenters. The van der Waals surface area contributed by atoms with E-state index in [-0.39, 0.29) is 11.8 Å². The second kappa shape index (κ2) is 7.76. The fourth-order valence-electron chi connectivity index (χ4n) is 2.14. The molecule has 23 heavy (non-hydrogen) atoms. The van der Waals surface area contributed by atoms with Crippen LogP contribution < -0.4 is 10.6 Å². The largest absolute Gasteiger partial charge is 0.367 e. The zero-order chi connectivity index (χ0) is 16.8. The van der Waals surface area contributed by atoms with Crippen molar-refractivity contribution in [3.05, 3.63) is 59.1 Å². The molecule has 2 aromatic carbocycles. The summed E-state index contributed by atoms with van der Waals surface area (Å²) in [7, 11) is 1.46. The molecule has 2 aromatic rings. The van der Waals surface area contributed by atoms with Crippen molar-refractivity contribution in [2.75, 3.05) is 17.7 Å². The molecule has 2 amide bonds. The summed E-state index contributed by atoms with van der Waals surface area (Å²) in [6.07, 6.45) is -0.764. The molecule has 0 heterocycles. The molecule has 0 bridgehead atoms. The Morgan fingerprint density at radius 2 is 1.74 bits per heavy atom. The number of methoxy groups -OCH3 is 1. The number of rotatable bonds is 5. The van der Waals surface area contributed by atoms with Crippen molar-refractivity contribution in [3.63, 3.8) is 0 Å². The molecule has 0 spiro atoms. The topological polar surface area (TPSA) is 67.4 Å². The van der Waals surface area contributed by atoms with Crippen LogP contribution >= 0.6 is 11.6 Å². The highest BCUT2D eigenvalue weighted by Gasteiger charge is 2.21. The SMILES string of the molecule is CO[C@@H](C(=O)Nc1cc(Cl)ccc1NC(C)=O)c1ccccc1. The molecular formula is C17H17ClN2O3. The van der Waals surface area contributed by atoms with E-state index in [2.05, 4.69) is 10.6 Å². The molecule has 0 aromatic heterocycles. The Hall–Kier alpha value is -2.37. The number of hydrogen-bond acceptors (Lipinski definition) is 3. The highest BCUT2D eigenvalue weighted by Crippen LogP contribution is 2.27. The molecule has 0 aliphatic carbocycles. The monoisotopic (exact) mass is 332 g/mol. The lowest BCUT2D eigenvalue weighted by Crippen LogP contribution is -2.23. The minimum Gasteiger partial charge on any atom is -0.367 e. The fraction of sp³-hybridized carbons (Fsp3) is 0.176. The Morgan fingerprint density at radius 1 is 1.04 bits per heavy atom.